The Kier molecular flexibility index (Phi) is 70.7. The van der Waals surface area contributed by atoms with Crippen molar-refractivity contribution in [2.75, 3.05) is 47.5 Å². The fraction of sp³-hybridized carbons (Fsp3) is 0.963. The molecule has 0 saturated heterocycles. The summed E-state index contributed by atoms with van der Waals surface area (Å²) in [5.41, 5.74) is 0. The molecular formula is C80H158NO8+. The molecule has 9 nitrogen and oxygen atoms in total. The largest absolute Gasteiger partial charge is 0.477 e. The molecule has 0 aliphatic heterocycles. The molecular weight excluding hydrogens is 1100 g/mol. The summed E-state index contributed by atoms with van der Waals surface area (Å²) < 4.78 is 23.1. The van der Waals surface area contributed by atoms with E-state index in [2.05, 4.69) is 13.8 Å². The van der Waals surface area contributed by atoms with Crippen LogP contribution in [-0.2, 0) is 33.3 Å². The Bertz CT molecular complexity index is 1420. The first-order valence-corrected chi connectivity index (χ1v) is 40.2. The molecule has 0 heterocycles. The maximum atomic E-state index is 13.0. The number of carboxylic acids is 1. The van der Waals surface area contributed by atoms with Gasteiger partial charge in [-0.2, -0.15) is 0 Å². The molecule has 0 radical (unpaired) electrons. The van der Waals surface area contributed by atoms with Crippen molar-refractivity contribution in [3.8, 4) is 0 Å². The zero-order chi connectivity index (χ0) is 64.7. The van der Waals surface area contributed by atoms with Gasteiger partial charge in [0.1, 0.15) is 13.2 Å². The Morgan fingerprint density at radius 2 is 0.506 bits per heavy atom. The lowest BCUT2D eigenvalue weighted by Crippen LogP contribution is -2.40. The first-order valence-electron chi connectivity index (χ1n) is 40.2. The van der Waals surface area contributed by atoms with Crippen molar-refractivity contribution in [2.24, 2.45) is 0 Å². The Morgan fingerprint density at radius 3 is 0.719 bits per heavy atom. The molecule has 0 bridgehead atoms. The molecule has 1 N–H and O–H groups in total. The van der Waals surface area contributed by atoms with Crippen molar-refractivity contribution in [2.45, 2.75) is 450 Å². The van der Waals surface area contributed by atoms with E-state index < -0.39 is 18.4 Å². The quantitative estimate of drug-likeness (QED) is 0.0278. The van der Waals surface area contributed by atoms with Crippen LogP contribution in [-0.4, -0.2) is 87.4 Å². The Hall–Kier alpha value is -1.71. The molecule has 0 amide bonds. The number of nitrogens with zero attached hydrogens (tertiary/aromatic N) is 1. The minimum Gasteiger partial charge on any atom is -0.477 e. The van der Waals surface area contributed by atoms with Gasteiger partial charge in [-0.3, -0.25) is 9.59 Å². The van der Waals surface area contributed by atoms with Crippen LogP contribution in [0.25, 0.3) is 0 Å². The van der Waals surface area contributed by atoms with E-state index in [0.717, 1.165) is 38.5 Å². The number of likely N-dealkylation sites (N-methyl/N-ethyl adjacent to an activating group) is 1. The highest BCUT2D eigenvalue weighted by molar-refractivity contribution is 5.71. The monoisotopic (exact) mass is 1260 g/mol. The van der Waals surface area contributed by atoms with Crippen LogP contribution in [0.3, 0.4) is 0 Å². The fourth-order valence-corrected chi connectivity index (χ4v) is 12.7. The molecule has 9 heteroatoms. The lowest BCUT2D eigenvalue weighted by atomic mass is 10.0. The summed E-state index contributed by atoms with van der Waals surface area (Å²) in [5, 5.41) is 9.77. The van der Waals surface area contributed by atoms with Gasteiger partial charge in [-0.05, 0) is 12.8 Å². The van der Waals surface area contributed by atoms with Gasteiger partial charge in [0.15, 0.2) is 6.10 Å². The molecule has 0 aromatic carbocycles. The summed E-state index contributed by atoms with van der Waals surface area (Å²) in [7, 11) is 6.00. The second-order valence-electron chi connectivity index (χ2n) is 29.1. The number of hydrogen-bond donors (Lipinski definition) is 1. The summed E-state index contributed by atoms with van der Waals surface area (Å²) in [6, 6.07) is 0. The number of unbranched alkanes of at least 4 members (excludes halogenated alkanes) is 62. The van der Waals surface area contributed by atoms with Crippen LogP contribution in [0.5, 0.6) is 0 Å². The van der Waals surface area contributed by atoms with E-state index in [4.69, 9.17) is 18.9 Å². The van der Waals surface area contributed by atoms with E-state index in [-0.39, 0.29) is 38.2 Å². The Morgan fingerprint density at radius 1 is 0.292 bits per heavy atom. The number of ether oxygens (including phenoxy) is 4. The van der Waals surface area contributed by atoms with E-state index >= 15 is 0 Å². The molecule has 0 saturated carbocycles. The van der Waals surface area contributed by atoms with Gasteiger partial charge in [-0.1, -0.05) is 412 Å². The molecule has 530 valence electrons. The summed E-state index contributed by atoms with van der Waals surface area (Å²) in [6.07, 6.45) is 85.6. The summed E-state index contributed by atoms with van der Waals surface area (Å²) in [4.78, 5) is 37.7. The first kappa shape index (κ1) is 87.3. The van der Waals surface area contributed by atoms with Crippen molar-refractivity contribution in [3.63, 3.8) is 0 Å². The van der Waals surface area contributed by atoms with E-state index in [9.17, 15) is 19.5 Å². The SMILES string of the molecule is CCCCCCCCCCCCCCCCCCCCCCCCCCCCCCCCCCCCCCCC(=O)OC(COC(=O)CCCCCCCCCCCCCCCCCCCCCCCCCCCCC)COC(OCC[N+](C)(C)C)C(=O)O. The maximum Gasteiger partial charge on any atom is 0.361 e. The van der Waals surface area contributed by atoms with Crippen LogP contribution in [0.1, 0.15) is 438 Å². The van der Waals surface area contributed by atoms with Crippen LogP contribution >= 0.6 is 0 Å². The molecule has 0 fully saturated rings. The zero-order valence-corrected chi connectivity index (χ0v) is 60.9. The highest BCUT2D eigenvalue weighted by Crippen LogP contribution is 2.21. The molecule has 2 atom stereocenters. The van der Waals surface area contributed by atoms with Crippen LogP contribution in [0.2, 0.25) is 0 Å². The summed E-state index contributed by atoms with van der Waals surface area (Å²) >= 11 is 0. The number of rotatable bonds is 77. The van der Waals surface area contributed by atoms with E-state index in [1.54, 1.807) is 0 Å². The van der Waals surface area contributed by atoms with Gasteiger partial charge in [0.05, 0.1) is 34.4 Å². The van der Waals surface area contributed by atoms with Crippen molar-refractivity contribution < 1.29 is 42.9 Å². The second-order valence-corrected chi connectivity index (χ2v) is 29.1. The van der Waals surface area contributed by atoms with Crippen LogP contribution < -0.4 is 0 Å². The van der Waals surface area contributed by atoms with Gasteiger partial charge in [0, 0.05) is 12.8 Å². The molecule has 0 spiro atoms. The predicted molar refractivity (Wildman–Crippen MR) is 383 cm³/mol. The molecule has 2 unspecified atom stereocenters. The number of carbonyl (C=O) groups is 3. The first-order chi connectivity index (χ1) is 43.6. The number of carboxylic acid groups (broad SMARTS) is 1. The number of esters is 2. The van der Waals surface area contributed by atoms with Crippen LogP contribution in [0.15, 0.2) is 0 Å². The van der Waals surface area contributed by atoms with Crippen molar-refractivity contribution >= 4 is 17.9 Å². The van der Waals surface area contributed by atoms with Gasteiger partial charge >= 0.3 is 17.9 Å². The molecule has 0 aromatic rings. The fourth-order valence-electron chi connectivity index (χ4n) is 12.7. The normalized spacial score (nSPS) is 12.5. The summed E-state index contributed by atoms with van der Waals surface area (Å²) in [5.74, 6) is -1.96. The number of carbonyl (C=O) groups excluding carboxylic acids is 2. The molecule has 0 aromatic heterocycles. The predicted octanol–water partition coefficient (Wildman–Crippen LogP) is 25.4. The molecule has 0 aliphatic rings. The lowest BCUT2D eigenvalue weighted by molar-refractivity contribution is -0.870. The van der Waals surface area contributed by atoms with E-state index in [1.807, 2.05) is 21.1 Å². The number of hydrogen-bond acceptors (Lipinski definition) is 7. The van der Waals surface area contributed by atoms with Gasteiger partial charge in [-0.25, -0.2) is 4.79 Å². The topological polar surface area (TPSA) is 108 Å². The minimum absolute atomic E-state index is 0.172. The lowest BCUT2D eigenvalue weighted by Gasteiger charge is -2.25. The highest BCUT2D eigenvalue weighted by atomic mass is 16.7. The molecule has 0 rings (SSSR count). The van der Waals surface area contributed by atoms with Crippen LogP contribution in [0, 0.1) is 0 Å². The average Bonchev–Trinajstić information content (AvgIpc) is 3.70. The van der Waals surface area contributed by atoms with Gasteiger partial charge in [-0.15, -0.1) is 0 Å². The highest BCUT2D eigenvalue weighted by Gasteiger charge is 2.25. The van der Waals surface area contributed by atoms with Crippen LogP contribution in [0.4, 0.5) is 0 Å². The van der Waals surface area contributed by atoms with Crippen molar-refractivity contribution in [1.82, 2.24) is 0 Å². The molecule has 0 aliphatic carbocycles. The third-order valence-corrected chi connectivity index (χ3v) is 18.9. The Balaban J connectivity index is 3.93. The third kappa shape index (κ3) is 73.6. The maximum absolute atomic E-state index is 13.0. The van der Waals surface area contributed by atoms with Crippen molar-refractivity contribution in [3.05, 3.63) is 0 Å². The van der Waals surface area contributed by atoms with Gasteiger partial charge in [0.25, 0.3) is 6.29 Å². The minimum atomic E-state index is -1.51. The smallest absolute Gasteiger partial charge is 0.361 e. The average molecular weight is 1260 g/mol. The number of aliphatic carboxylic acids is 1. The van der Waals surface area contributed by atoms with Gasteiger partial charge in [0.2, 0.25) is 0 Å². The standard InChI is InChI=1S/C80H157NO8/c1-6-8-10-12-14-16-18-20-22-24-26-28-30-32-34-35-36-37-38-39-40-41-42-43-45-47-49-51-53-55-57-59-61-63-65-67-69-71-78(83)89-76(75-88-80(79(84)85)86-73-72-81(3,4)5)74-87-77(82)70-68-66-64-62-60-58-56-54-52-50-48-46-44-33-31-29-27-25-23-21-19-17-15-13-11-9-7-2/h76,80H,6-75H2,1-5H3/p+1. The van der Waals surface area contributed by atoms with E-state index in [1.165, 1.54) is 372 Å². The van der Waals surface area contributed by atoms with Crippen molar-refractivity contribution in [1.29, 1.82) is 0 Å². The van der Waals surface area contributed by atoms with E-state index in [0.29, 0.717) is 17.4 Å². The Labute approximate surface area is 555 Å². The second kappa shape index (κ2) is 72.1. The zero-order valence-electron chi connectivity index (χ0n) is 60.9. The number of quaternary nitrogens is 1. The van der Waals surface area contributed by atoms with Gasteiger partial charge < -0.3 is 28.5 Å². The summed E-state index contributed by atoms with van der Waals surface area (Å²) in [6.45, 7) is 4.99. The molecule has 89 heavy (non-hydrogen) atoms. The third-order valence-electron chi connectivity index (χ3n) is 18.9.